The van der Waals surface area contributed by atoms with E-state index in [9.17, 15) is 0 Å². The molecule has 0 atom stereocenters. The van der Waals surface area contributed by atoms with Crippen LogP contribution in [0.4, 0.5) is 0 Å². The van der Waals surface area contributed by atoms with E-state index in [1.54, 1.807) is 12.1 Å². The quantitative estimate of drug-likeness (QED) is 0.544. The summed E-state index contributed by atoms with van der Waals surface area (Å²) in [7, 11) is 0. The summed E-state index contributed by atoms with van der Waals surface area (Å²) in [5.74, 6) is -2.85. The Labute approximate surface area is 163 Å². The van der Waals surface area contributed by atoms with E-state index in [2.05, 4.69) is 4.90 Å². The van der Waals surface area contributed by atoms with Gasteiger partial charge >= 0.3 is 11.9 Å². The summed E-state index contributed by atoms with van der Waals surface area (Å²) in [6.45, 7) is 4.48. The molecule has 0 radical (unpaired) electrons. The Morgan fingerprint density at radius 3 is 2.12 bits per heavy atom. The molecule has 0 unspecified atom stereocenters. The summed E-state index contributed by atoms with van der Waals surface area (Å²) in [4.78, 5) is 20.8. The van der Waals surface area contributed by atoms with Gasteiger partial charge in [0, 0.05) is 6.07 Å². The van der Waals surface area contributed by atoms with Crippen molar-refractivity contribution in [2.24, 2.45) is 0 Å². The normalized spacial score (nSPS) is 14.7. The predicted octanol–water partition coefficient (Wildman–Crippen LogP) is 4.18. The summed E-state index contributed by atoms with van der Waals surface area (Å²) >= 11 is 11.8. The zero-order valence-electron chi connectivity index (χ0n) is 14.6. The van der Waals surface area contributed by atoms with Crippen LogP contribution in [0.3, 0.4) is 0 Å². The number of hydrogen-bond donors (Lipinski definition) is 2. The maximum atomic E-state index is 9.10. The van der Waals surface area contributed by atoms with Crippen molar-refractivity contribution in [3.8, 4) is 5.75 Å². The molecular weight excluding hydrogens is 381 g/mol. The Morgan fingerprint density at radius 2 is 1.58 bits per heavy atom. The lowest BCUT2D eigenvalue weighted by molar-refractivity contribution is -0.159. The lowest BCUT2D eigenvalue weighted by Crippen LogP contribution is -2.25. The third-order valence-corrected chi connectivity index (χ3v) is 4.65. The summed E-state index contributed by atoms with van der Waals surface area (Å²) in [6, 6.07) is 5.41. The number of carbonyl (C=O) groups is 2. The van der Waals surface area contributed by atoms with Gasteiger partial charge in [-0.25, -0.2) is 9.59 Å². The zero-order chi connectivity index (χ0) is 19.4. The number of aliphatic carboxylic acids is 2. The van der Waals surface area contributed by atoms with E-state index in [0.29, 0.717) is 10.0 Å². The van der Waals surface area contributed by atoms with Crippen molar-refractivity contribution in [1.29, 1.82) is 0 Å². The van der Waals surface area contributed by atoms with Gasteiger partial charge in [-0.05, 0) is 57.5 Å². The van der Waals surface area contributed by atoms with Crippen LogP contribution in [0.5, 0.6) is 5.75 Å². The smallest absolute Gasteiger partial charge is 0.414 e. The van der Waals surface area contributed by atoms with E-state index >= 15 is 0 Å². The monoisotopic (exact) mass is 405 g/mol. The molecule has 26 heavy (non-hydrogen) atoms. The number of carboxylic acid groups (broad SMARTS) is 2. The van der Waals surface area contributed by atoms with Crippen molar-refractivity contribution in [1.82, 2.24) is 4.90 Å². The molecule has 0 aromatic heterocycles. The van der Waals surface area contributed by atoms with E-state index in [0.717, 1.165) is 18.8 Å². The Balaban J connectivity index is 0.000000487. The van der Waals surface area contributed by atoms with Gasteiger partial charge in [0.1, 0.15) is 5.75 Å². The first kappa shape index (κ1) is 22.5. The average Bonchev–Trinajstić information content (AvgIpc) is 2.87. The van der Waals surface area contributed by atoms with Crippen molar-refractivity contribution in [2.75, 3.05) is 26.2 Å². The number of ether oxygens (including phenoxy) is 1. The maximum Gasteiger partial charge on any atom is 0.414 e. The van der Waals surface area contributed by atoms with Crippen molar-refractivity contribution in [3.63, 3.8) is 0 Å². The first-order valence-corrected chi connectivity index (χ1v) is 9.42. The molecule has 146 valence electrons. The van der Waals surface area contributed by atoms with Gasteiger partial charge in [0.05, 0.1) is 16.7 Å². The van der Waals surface area contributed by atoms with E-state index in [1.807, 2.05) is 6.07 Å². The number of halogens is 2. The summed E-state index contributed by atoms with van der Waals surface area (Å²) < 4.78 is 5.69. The molecule has 1 saturated heterocycles. The molecule has 1 aliphatic rings. The molecule has 6 nitrogen and oxygen atoms in total. The first-order chi connectivity index (χ1) is 12.4. The molecule has 1 heterocycles. The summed E-state index contributed by atoms with van der Waals surface area (Å²) in [6.07, 6.45) is 7.80. The molecule has 0 aliphatic carbocycles. The van der Waals surface area contributed by atoms with Crippen LogP contribution in [-0.2, 0) is 9.59 Å². The average molecular weight is 406 g/mol. The van der Waals surface area contributed by atoms with Crippen LogP contribution in [0.2, 0.25) is 10.0 Å². The molecule has 0 amide bonds. The van der Waals surface area contributed by atoms with Gasteiger partial charge in [-0.2, -0.15) is 0 Å². The number of hydrogen-bond acceptors (Lipinski definition) is 4. The zero-order valence-corrected chi connectivity index (χ0v) is 16.1. The van der Waals surface area contributed by atoms with E-state index < -0.39 is 11.9 Å². The SMILES string of the molecule is Clc1ccc(OCCCCN2CCCCCC2)cc1Cl.O=C(O)C(=O)O. The minimum absolute atomic E-state index is 0.550. The minimum atomic E-state index is -1.82. The highest BCUT2D eigenvalue weighted by atomic mass is 35.5. The minimum Gasteiger partial charge on any atom is -0.494 e. The fourth-order valence-corrected chi connectivity index (χ4v) is 2.84. The van der Waals surface area contributed by atoms with Crippen LogP contribution < -0.4 is 4.74 Å². The van der Waals surface area contributed by atoms with Crippen LogP contribution in [0.15, 0.2) is 18.2 Å². The molecule has 1 aromatic rings. The number of rotatable bonds is 6. The lowest BCUT2D eigenvalue weighted by Gasteiger charge is -2.19. The summed E-state index contributed by atoms with van der Waals surface area (Å²) in [5, 5.41) is 15.9. The Kier molecular flexibility index (Phi) is 11.1. The molecular formula is C18H25Cl2NO5. The Hall–Kier alpha value is -1.50. The van der Waals surface area contributed by atoms with Crippen LogP contribution >= 0.6 is 23.2 Å². The van der Waals surface area contributed by atoms with Gasteiger partial charge in [-0.15, -0.1) is 0 Å². The number of unbranched alkanes of at least 4 members (excludes halogenated alkanes) is 1. The molecule has 2 rings (SSSR count). The Bertz CT molecular complexity index is 563. The highest BCUT2D eigenvalue weighted by Crippen LogP contribution is 2.26. The standard InChI is InChI=1S/C16H23Cl2NO.C2H2O4/c17-15-8-7-14(13-16(15)18)20-12-6-5-11-19-9-3-1-2-4-10-19;3-1(4)2(5)6/h7-8,13H,1-6,9-12H2;(H,3,4)(H,5,6). The van der Waals surface area contributed by atoms with Gasteiger partial charge in [-0.1, -0.05) is 36.0 Å². The topological polar surface area (TPSA) is 87.1 Å². The fraction of sp³-hybridized carbons (Fsp3) is 0.556. The van der Waals surface area contributed by atoms with Crippen LogP contribution in [0.1, 0.15) is 38.5 Å². The molecule has 0 bridgehead atoms. The van der Waals surface area contributed by atoms with Gasteiger partial charge in [0.25, 0.3) is 0 Å². The number of nitrogens with zero attached hydrogens (tertiary/aromatic N) is 1. The van der Waals surface area contributed by atoms with Gasteiger partial charge in [0.2, 0.25) is 0 Å². The van der Waals surface area contributed by atoms with Crippen LogP contribution in [0.25, 0.3) is 0 Å². The second kappa shape index (κ2) is 12.8. The third-order valence-electron chi connectivity index (χ3n) is 3.91. The van der Waals surface area contributed by atoms with Crippen LogP contribution in [-0.4, -0.2) is 53.3 Å². The highest BCUT2D eigenvalue weighted by molar-refractivity contribution is 6.42. The largest absolute Gasteiger partial charge is 0.494 e. The maximum absolute atomic E-state index is 9.10. The molecule has 8 heteroatoms. The molecule has 1 fully saturated rings. The van der Waals surface area contributed by atoms with Crippen LogP contribution in [0, 0.1) is 0 Å². The molecule has 1 aromatic carbocycles. The molecule has 2 N–H and O–H groups in total. The molecule has 0 spiro atoms. The second-order valence-corrected chi connectivity index (χ2v) is 6.81. The number of carboxylic acids is 2. The van der Waals surface area contributed by atoms with E-state index in [1.165, 1.54) is 51.7 Å². The number of benzene rings is 1. The predicted molar refractivity (Wildman–Crippen MR) is 101 cm³/mol. The van der Waals surface area contributed by atoms with Gasteiger partial charge < -0.3 is 19.8 Å². The number of likely N-dealkylation sites (tertiary alicyclic amines) is 1. The first-order valence-electron chi connectivity index (χ1n) is 8.66. The van der Waals surface area contributed by atoms with E-state index in [-0.39, 0.29) is 0 Å². The highest BCUT2D eigenvalue weighted by Gasteiger charge is 2.08. The second-order valence-electron chi connectivity index (χ2n) is 6.00. The Morgan fingerprint density at radius 1 is 0.962 bits per heavy atom. The van der Waals surface area contributed by atoms with Crippen molar-refractivity contribution in [3.05, 3.63) is 28.2 Å². The molecule has 0 saturated carbocycles. The lowest BCUT2D eigenvalue weighted by atomic mass is 10.2. The summed E-state index contributed by atoms with van der Waals surface area (Å²) in [5.41, 5.74) is 0. The fourth-order valence-electron chi connectivity index (χ4n) is 2.55. The third kappa shape index (κ3) is 9.85. The van der Waals surface area contributed by atoms with Gasteiger partial charge in [0.15, 0.2) is 0 Å². The van der Waals surface area contributed by atoms with Crippen molar-refractivity contribution < 1.29 is 24.5 Å². The van der Waals surface area contributed by atoms with Gasteiger partial charge in [-0.3, -0.25) is 0 Å². The van der Waals surface area contributed by atoms with Crippen molar-refractivity contribution in [2.45, 2.75) is 38.5 Å². The van der Waals surface area contributed by atoms with Crippen molar-refractivity contribution >= 4 is 35.1 Å². The molecule has 1 aliphatic heterocycles. The van der Waals surface area contributed by atoms with E-state index in [4.69, 9.17) is 47.7 Å².